The number of hydrogen-bond acceptors (Lipinski definition) is 3. The van der Waals surface area contributed by atoms with E-state index in [2.05, 4.69) is 5.32 Å². The van der Waals surface area contributed by atoms with Gasteiger partial charge in [0.25, 0.3) is 0 Å². The molecule has 0 aliphatic heterocycles. The van der Waals surface area contributed by atoms with Crippen LogP contribution < -0.4 is 11.1 Å². The van der Waals surface area contributed by atoms with Crippen molar-refractivity contribution in [3.05, 3.63) is 65.7 Å². The summed E-state index contributed by atoms with van der Waals surface area (Å²) in [5.74, 6) is -0.0352. The van der Waals surface area contributed by atoms with Gasteiger partial charge in [0.1, 0.15) is 0 Å². The number of amides is 1. The van der Waals surface area contributed by atoms with E-state index in [0.29, 0.717) is 11.4 Å². The SMILES string of the molecule is CC(C(=O)Nc1cccc(CS(=O)C(C)(C)C)c1)C(N)c1ccccc1.Cl. The maximum Gasteiger partial charge on any atom is 0.229 e. The van der Waals surface area contributed by atoms with Gasteiger partial charge in [-0.05, 0) is 44.0 Å². The van der Waals surface area contributed by atoms with Crippen molar-refractivity contribution >= 4 is 34.8 Å². The summed E-state index contributed by atoms with van der Waals surface area (Å²) in [5, 5.41) is 2.93. The Hall–Kier alpha value is -1.69. The van der Waals surface area contributed by atoms with Crippen LogP contribution in [0.1, 0.15) is 44.9 Å². The van der Waals surface area contributed by atoms with Crippen molar-refractivity contribution in [3.63, 3.8) is 0 Å². The molecule has 2 rings (SSSR count). The minimum Gasteiger partial charge on any atom is -0.326 e. The van der Waals surface area contributed by atoms with Gasteiger partial charge >= 0.3 is 0 Å². The summed E-state index contributed by atoms with van der Waals surface area (Å²) in [6.07, 6.45) is 0. The standard InChI is InChI=1S/C21H28N2O2S.ClH/c1-15(19(22)17-10-6-5-7-11-17)20(24)23-18-12-8-9-16(13-18)14-26(25)21(2,3)4;/h5-13,15,19H,14,22H2,1-4H3,(H,23,24);1H. The molecular weight excluding hydrogens is 380 g/mol. The molecule has 0 aliphatic rings. The lowest BCUT2D eigenvalue weighted by atomic mass is 9.94. The first kappa shape index (κ1) is 23.3. The van der Waals surface area contributed by atoms with E-state index in [1.54, 1.807) is 0 Å². The largest absolute Gasteiger partial charge is 0.326 e. The Morgan fingerprint density at radius 2 is 1.74 bits per heavy atom. The minimum atomic E-state index is -0.983. The molecule has 148 valence electrons. The van der Waals surface area contributed by atoms with Crippen molar-refractivity contribution in [2.24, 2.45) is 11.7 Å². The third kappa shape index (κ3) is 6.76. The number of anilines is 1. The monoisotopic (exact) mass is 408 g/mol. The molecule has 3 N–H and O–H groups in total. The minimum absolute atomic E-state index is 0. The molecule has 0 aliphatic carbocycles. The van der Waals surface area contributed by atoms with E-state index in [9.17, 15) is 9.00 Å². The van der Waals surface area contributed by atoms with Crippen molar-refractivity contribution in [1.29, 1.82) is 0 Å². The molecule has 0 radical (unpaired) electrons. The molecular formula is C21H29ClN2O2S. The molecule has 0 spiro atoms. The van der Waals surface area contributed by atoms with Gasteiger partial charge in [0.2, 0.25) is 5.91 Å². The second kappa shape index (κ2) is 10.0. The van der Waals surface area contributed by atoms with Crippen molar-refractivity contribution in [2.45, 2.75) is 44.2 Å². The Morgan fingerprint density at radius 1 is 1.11 bits per heavy atom. The lowest BCUT2D eigenvalue weighted by Gasteiger charge is -2.20. The number of benzene rings is 2. The lowest BCUT2D eigenvalue weighted by Crippen LogP contribution is -2.30. The average molecular weight is 409 g/mol. The number of nitrogens with one attached hydrogen (secondary N) is 1. The average Bonchev–Trinajstić information content (AvgIpc) is 2.60. The summed E-state index contributed by atoms with van der Waals surface area (Å²) < 4.78 is 12.1. The first-order chi connectivity index (χ1) is 12.2. The van der Waals surface area contributed by atoms with E-state index in [4.69, 9.17) is 5.73 Å². The van der Waals surface area contributed by atoms with Crippen molar-refractivity contribution in [2.75, 3.05) is 5.32 Å². The third-order valence-corrected chi connectivity index (χ3v) is 6.27. The van der Waals surface area contributed by atoms with Crippen LogP contribution in [0.15, 0.2) is 54.6 Å². The molecule has 0 fully saturated rings. The molecule has 0 saturated heterocycles. The van der Waals surface area contributed by atoms with Crippen LogP contribution in [-0.2, 0) is 21.3 Å². The smallest absolute Gasteiger partial charge is 0.229 e. The fraction of sp³-hybridized carbons (Fsp3) is 0.381. The molecule has 4 nitrogen and oxygen atoms in total. The van der Waals surface area contributed by atoms with E-state index in [1.807, 2.05) is 82.3 Å². The highest BCUT2D eigenvalue weighted by atomic mass is 35.5. The summed E-state index contributed by atoms with van der Waals surface area (Å²) in [5.41, 5.74) is 8.81. The first-order valence-electron chi connectivity index (χ1n) is 8.77. The zero-order chi connectivity index (χ0) is 19.3. The molecule has 2 aromatic carbocycles. The molecule has 0 heterocycles. The van der Waals surface area contributed by atoms with Crippen LogP contribution in [0.5, 0.6) is 0 Å². The van der Waals surface area contributed by atoms with E-state index in [-0.39, 0.29) is 35.0 Å². The van der Waals surface area contributed by atoms with E-state index < -0.39 is 10.8 Å². The maximum atomic E-state index is 12.6. The Bertz CT molecular complexity index is 775. The van der Waals surface area contributed by atoms with E-state index in [1.165, 1.54) is 0 Å². The fourth-order valence-electron chi connectivity index (χ4n) is 2.49. The fourth-order valence-corrected chi connectivity index (χ4v) is 3.41. The number of hydrogen-bond donors (Lipinski definition) is 2. The van der Waals surface area contributed by atoms with E-state index in [0.717, 1.165) is 11.1 Å². The van der Waals surface area contributed by atoms with Crippen molar-refractivity contribution < 1.29 is 9.00 Å². The van der Waals surface area contributed by atoms with Crippen LogP contribution >= 0.6 is 12.4 Å². The van der Waals surface area contributed by atoms with Crippen LogP contribution in [-0.4, -0.2) is 14.9 Å². The molecule has 2 aromatic rings. The molecule has 6 heteroatoms. The summed E-state index contributed by atoms with van der Waals surface area (Å²) in [4.78, 5) is 12.6. The second-order valence-corrected chi connectivity index (χ2v) is 9.72. The molecule has 27 heavy (non-hydrogen) atoms. The summed E-state index contributed by atoms with van der Waals surface area (Å²) in [6, 6.07) is 16.8. The van der Waals surface area contributed by atoms with E-state index >= 15 is 0 Å². The summed E-state index contributed by atoms with van der Waals surface area (Å²) in [6.45, 7) is 7.70. The van der Waals surface area contributed by atoms with Crippen LogP contribution in [0.4, 0.5) is 5.69 Å². The Balaban J connectivity index is 0.00000364. The van der Waals surface area contributed by atoms with Crippen molar-refractivity contribution in [3.8, 4) is 0 Å². The van der Waals surface area contributed by atoms with Gasteiger partial charge in [-0.2, -0.15) is 0 Å². The number of carbonyl (C=O) groups is 1. The molecule has 3 atom stereocenters. The zero-order valence-corrected chi connectivity index (χ0v) is 17.9. The van der Waals surface area contributed by atoms with Gasteiger partial charge in [-0.25, -0.2) is 0 Å². The normalized spacial score (nSPS) is 14.6. The van der Waals surface area contributed by atoms with Crippen LogP contribution in [0.25, 0.3) is 0 Å². The highest BCUT2D eigenvalue weighted by Crippen LogP contribution is 2.22. The first-order valence-corrected chi connectivity index (χ1v) is 10.1. The van der Waals surface area contributed by atoms with Gasteiger partial charge in [0, 0.05) is 33.0 Å². The molecule has 1 amide bonds. The highest BCUT2D eigenvalue weighted by Gasteiger charge is 2.23. The number of carbonyl (C=O) groups excluding carboxylic acids is 1. The summed E-state index contributed by atoms with van der Waals surface area (Å²) in [7, 11) is -0.983. The number of nitrogens with two attached hydrogens (primary N) is 1. The van der Waals surface area contributed by atoms with Gasteiger partial charge < -0.3 is 11.1 Å². The Labute approximate surface area is 170 Å². The highest BCUT2D eigenvalue weighted by molar-refractivity contribution is 7.85. The summed E-state index contributed by atoms with van der Waals surface area (Å²) >= 11 is 0. The quantitative estimate of drug-likeness (QED) is 0.742. The molecule has 0 bridgehead atoms. The van der Waals surface area contributed by atoms with Gasteiger partial charge in [-0.3, -0.25) is 9.00 Å². The molecule has 3 unspecified atom stereocenters. The number of halogens is 1. The third-order valence-electron chi connectivity index (χ3n) is 4.31. The molecule has 0 saturated carbocycles. The van der Waals surface area contributed by atoms with Crippen LogP contribution in [0, 0.1) is 5.92 Å². The van der Waals surface area contributed by atoms with Crippen molar-refractivity contribution in [1.82, 2.24) is 0 Å². The molecule has 0 aromatic heterocycles. The maximum absolute atomic E-state index is 12.6. The van der Waals surface area contributed by atoms with Gasteiger partial charge in [0.05, 0.1) is 5.92 Å². The predicted molar refractivity (Wildman–Crippen MR) is 116 cm³/mol. The van der Waals surface area contributed by atoms with Gasteiger partial charge in [-0.1, -0.05) is 49.4 Å². The predicted octanol–water partition coefficient (Wildman–Crippen LogP) is 4.43. The van der Waals surface area contributed by atoms with Gasteiger partial charge in [-0.15, -0.1) is 12.4 Å². The lowest BCUT2D eigenvalue weighted by molar-refractivity contribution is -0.120. The zero-order valence-electron chi connectivity index (χ0n) is 16.3. The van der Waals surface area contributed by atoms with Gasteiger partial charge in [0.15, 0.2) is 0 Å². The topological polar surface area (TPSA) is 72.2 Å². The van der Waals surface area contributed by atoms with Crippen LogP contribution in [0.2, 0.25) is 0 Å². The Morgan fingerprint density at radius 3 is 2.33 bits per heavy atom. The Kier molecular flexibility index (Phi) is 8.66. The van der Waals surface area contributed by atoms with Crippen LogP contribution in [0.3, 0.4) is 0 Å². The number of rotatable bonds is 6. The second-order valence-electron chi connectivity index (χ2n) is 7.52.